The summed E-state index contributed by atoms with van der Waals surface area (Å²) < 4.78 is 19.8. The lowest BCUT2D eigenvalue weighted by molar-refractivity contribution is 0.202. The van der Waals surface area contributed by atoms with Gasteiger partial charge in [0.05, 0.1) is 12.3 Å². The Morgan fingerprint density at radius 1 is 1.00 bits per heavy atom. The molecule has 1 heterocycles. The Balaban J connectivity index is 1.48. The first kappa shape index (κ1) is 20.3. The third-order valence-electron chi connectivity index (χ3n) is 5.94. The minimum Gasteiger partial charge on any atom is -0.384 e. The van der Waals surface area contributed by atoms with Gasteiger partial charge in [-0.15, -0.1) is 0 Å². The molecule has 32 heavy (non-hydrogen) atoms. The Morgan fingerprint density at radius 3 is 2.66 bits per heavy atom. The first-order valence-electron chi connectivity index (χ1n) is 10.8. The molecule has 1 aromatic heterocycles. The van der Waals surface area contributed by atoms with Crippen LogP contribution in [0.1, 0.15) is 28.2 Å². The van der Waals surface area contributed by atoms with E-state index < -0.39 is 0 Å². The number of nitrogens with zero attached hydrogens (tertiary/aromatic N) is 2. The molecule has 1 aliphatic carbocycles. The van der Waals surface area contributed by atoms with Crippen molar-refractivity contribution in [2.75, 3.05) is 19.0 Å². The maximum absolute atomic E-state index is 14.6. The van der Waals surface area contributed by atoms with Crippen molar-refractivity contribution in [1.29, 1.82) is 0 Å². The van der Waals surface area contributed by atoms with Gasteiger partial charge in [-0.25, -0.2) is 14.4 Å². The number of hydrogen-bond donors (Lipinski definition) is 1. The normalized spacial score (nSPS) is 14.5. The molecule has 160 valence electrons. The molecule has 1 aliphatic rings. The maximum atomic E-state index is 14.6. The van der Waals surface area contributed by atoms with Crippen molar-refractivity contribution < 1.29 is 9.13 Å². The van der Waals surface area contributed by atoms with Gasteiger partial charge in [0, 0.05) is 30.5 Å². The highest BCUT2D eigenvalue weighted by Crippen LogP contribution is 2.42. The van der Waals surface area contributed by atoms with E-state index in [0.29, 0.717) is 24.5 Å². The fourth-order valence-electron chi connectivity index (χ4n) is 4.38. The smallest absolute Gasteiger partial charge is 0.227 e. The third-order valence-corrected chi connectivity index (χ3v) is 5.94. The Labute approximate surface area is 187 Å². The minimum atomic E-state index is -0.177. The summed E-state index contributed by atoms with van der Waals surface area (Å²) in [6, 6.07) is 23.3. The van der Waals surface area contributed by atoms with E-state index in [1.807, 2.05) is 42.6 Å². The fourth-order valence-corrected chi connectivity index (χ4v) is 4.38. The monoisotopic (exact) mass is 425 g/mol. The Kier molecular flexibility index (Phi) is 5.65. The van der Waals surface area contributed by atoms with Gasteiger partial charge < -0.3 is 10.1 Å². The van der Waals surface area contributed by atoms with Crippen molar-refractivity contribution >= 4 is 11.6 Å². The number of anilines is 2. The van der Waals surface area contributed by atoms with Crippen molar-refractivity contribution in [2.24, 2.45) is 0 Å². The molecule has 0 radical (unpaired) electrons. The number of aromatic nitrogens is 2. The van der Waals surface area contributed by atoms with E-state index in [9.17, 15) is 4.39 Å². The Bertz CT molecular complexity index is 1260. The van der Waals surface area contributed by atoms with Crippen molar-refractivity contribution in [1.82, 2.24) is 9.97 Å². The van der Waals surface area contributed by atoms with Gasteiger partial charge in [0.2, 0.25) is 5.95 Å². The van der Waals surface area contributed by atoms with Crippen LogP contribution in [-0.4, -0.2) is 23.7 Å². The number of hydrogen-bond acceptors (Lipinski definition) is 4. The van der Waals surface area contributed by atoms with Gasteiger partial charge in [-0.2, -0.15) is 0 Å². The number of fused-ring (bicyclic) bond motifs is 3. The second-order valence-electron chi connectivity index (χ2n) is 8.00. The van der Waals surface area contributed by atoms with Gasteiger partial charge >= 0.3 is 0 Å². The summed E-state index contributed by atoms with van der Waals surface area (Å²) in [6.45, 7) is 0.679. The van der Waals surface area contributed by atoms with Crippen LogP contribution in [0.2, 0.25) is 0 Å². The first-order chi connectivity index (χ1) is 15.7. The molecule has 0 unspecified atom stereocenters. The largest absolute Gasteiger partial charge is 0.384 e. The van der Waals surface area contributed by atoms with Crippen LogP contribution in [0.3, 0.4) is 0 Å². The summed E-state index contributed by atoms with van der Waals surface area (Å²) >= 11 is 0. The van der Waals surface area contributed by atoms with Crippen LogP contribution in [0.4, 0.5) is 16.0 Å². The van der Waals surface area contributed by atoms with E-state index in [0.717, 1.165) is 34.5 Å². The SMILES string of the molecule is COCCc1cccc(Nc2ncc3c(n2)-c2ccccc2[C@H](c2ccccc2F)C3)c1. The molecule has 0 saturated carbocycles. The molecule has 0 fully saturated rings. The fraction of sp³-hybridized carbons (Fsp3) is 0.185. The number of rotatable bonds is 6. The lowest BCUT2D eigenvalue weighted by atomic mass is 9.78. The molecule has 1 N–H and O–H groups in total. The van der Waals surface area contributed by atoms with Crippen LogP contribution in [0, 0.1) is 5.82 Å². The number of methoxy groups -OCH3 is 1. The Morgan fingerprint density at radius 2 is 1.81 bits per heavy atom. The van der Waals surface area contributed by atoms with Crippen molar-refractivity contribution in [3.63, 3.8) is 0 Å². The zero-order chi connectivity index (χ0) is 21.9. The zero-order valence-corrected chi connectivity index (χ0v) is 17.9. The molecular weight excluding hydrogens is 401 g/mol. The molecule has 4 aromatic rings. The summed E-state index contributed by atoms with van der Waals surface area (Å²) in [5, 5.41) is 3.33. The predicted molar refractivity (Wildman–Crippen MR) is 125 cm³/mol. The topological polar surface area (TPSA) is 47.0 Å². The van der Waals surface area contributed by atoms with Crippen LogP contribution in [0.15, 0.2) is 79.0 Å². The summed E-state index contributed by atoms with van der Waals surface area (Å²) in [5.74, 6) is 0.315. The van der Waals surface area contributed by atoms with Crippen LogP contribution in [0.5, 0.6) is 0 Å². The molecule has 0 amide bonds. The molecule has 5 heteroatoms. The molecule has 1 atom stereocenters. The van der Waals surface area contributed by atoms with E-state index in [2.05, 4.69) is 34.6 Å². The van der Waals surface area contributed by atoms with Crippen LogP contribution in [-0.2, 0) is 17.6 Å². The number of halogens is 1. The molecule has 0 spiro atoms. The zero-order valence-electron chi connectivity index (χ0n) is 17.9. The predicted octanol–water partition coefficient (Wildman–Crippen LogP) is 5.90. The lowest BCUT2D eigenvalue weighted by Crippen LogP contribution is -2.16. The number of ether oxygens (including phenoxy) is 1. The number of benzene rings is 3. The van der Waals surface area contributed by atoms with Gasteiger partial charge in [0.25, 0.3) is 0 Å². The number of nitrogens with one attached hydrogen (secondary N) is 1. The molecule has 0 bridgehead atoms. The van der Waals surface area contributed by atoms with Crippen LogP contribution >= 0.6 is 0 Å². The van der Waals surface area contributed by atoms with Gasteiger partial charge in [-0.05, 0) is 53.3 Å². The summed E-state index contributed by atoms with van der Waals surface area (Å²) in [4.78, 5) is 9.41. The van der Waals surface area contributed by atoms with Crippen LogP contribution < -0.4 is 5.32 Å². The van der Waals surface area contributed by atoms with E-state index >= 15 is 0 Å². The van der Waals surface area contributed by atoms with Crippen molar-refractivity contribution in [3.8, 4) is 11.3 Å². The second kappa shape index (κ2) is 8.89. The van der Waals surface area contributed by atoms with E-state index in [4.69, 9.17) is 9.72 Å². The molecular formula is C27H24FN3O. The highest BCUT2D eigenvalue weighted by atomic mass is 19.1. The van der Waals surface area contributed by atoms with Crippen LogP contribution in [0.25, 0.3) is 11.3 Å². The Hall–Kier alpha value is -3.57. The highest BCUT2D eigenvalue weighted by Gasteiger charge is 2.28. The second-order valence-corrected chi connectivity index (χ2v) is 8.00. The molecule has 3 aromatic carbocycles. The molecule has 0 aliphatic heterocycles. The quantitative estimate of drug-likeness (QED) is 0.418. The summed E-state index contributed by atoms with van der Waals surface area (Å²) in [5.41, 5.74) is 6.88. The van der Waals surface area contributed by atoms with E-state index in [1.165, 1.54) is 11.6 Å². The summed E-state index contributed by atoms with van der Waals surface area (Å²) in [6.07, 6.45) is 3.38. The van der Waals surface area contributed by atoms with Gasteiger partial charge in [0.15, 0.2) is 0 Å². The van der Waals surface area contributed by atoms with Gasteiger partial charge in [-0.3, -0.25) is 0 Å². The van der Waals surface area contributed by atoms with Crippen molar-refractivity contribution in [3.05, 3.63) is 107 Å². The third kappa shape index (κ3) is 3.99. The van der Waals surface area contributed by atoms with Gasteiger partial charge in [0.1, 0.15) is 5.82 Å². The standard InChI is InChI=1S/C27H24FN3O/c1-32-14-13-18-7-6-8-20(15-18)30-27-29-17-19-16-24(22-10-4-5-12-25(22)28)21-9-2-3-11-23(21)26(19)31-27/h2-12,15,17,24H,13-14,16H2,1H3,(H,29,30,31)/t24-/m1/s1. The molecule has 4 nitrogen and oxygen atoms in total. The first-order valence-corrected chi connectivity index (χ1v) is 10.8. The van der Waals surface area contributed by atoms with Crippen molar-refractivity contribution in [2.45, 2.75) is 18.8 Å². The molecule has 0 saturated heterocycles. The van der Waals surface area contributed by atoms with E-state index in [1.54, 1.807) is 13.2 Å². The minimum absolute atomic E-state index is 0.0558. The average Bonchev–Trinajstić information content (AvgIpc) is 2.83. The molecule has 5 rings (SSSR count). The van der Waals surface area contributed by atoms with E-state index in [-0.39, 0.29) is 11.7 Å². The lowest BCUT2D eigenvalue weighted by Gasteiger charge is -2.27. The average molecular weight is 426 g/mol. The van der Waals surface area contributed by atoms with Gasteiger partial charge in [-0.1, -0.05) is 54.6 Å². The maximum Gasteiger partial charge on any atom is 0.227 e. The summed E-state index contributed by atoms with van der Waals surface area (Å²) in [7, 11) is 1.71. The highest BCUT2D eigenvalue weighted by molar-refractivity contribution is 5.73.